The Kier molecular flexibility index (Phi) is 6.39. The third-order valence-electron chi connectivity index (χ3n) is 8.11. The van der Waals surface area contributed by atoms with E-state index in [9.17, 15) is 9.59 Å². The van der Waals surface area contributed by atoms with E-state index in [1.807, 2.05) is 26.0 Å². The Bertz CT molecular complexity index is 914. The smallest absolute Gasteiger partial charge is 0.308 e. The first kappa shape index (κ1) is 23.7. The Labute approximate surface area is 199 Å². The van der Waals surface area contributed by atoms with Crippen LogP contribution in [0.4, 0.5) is 0 Å². The molecule has 5 aliphatic rings. The van der Waals surface area contributed by atoms with E-state index in [1.165, 1.54) is 0 Å². The van der Waals surface area contributed by atoms with Crippen molar-refractivity contribution >= 4 is 11.9 Å². The second kappa shape index (κ2) is 9.18. The topological polar surface area (TPSA) is 105 Å². The highest BCUT2D eigenvalue weighted by Crippen LogP contribution is 2.60. The fraction of sp³-hybridized carbons (Fsp3) is 0.720. The number of aromatic nitrogens is 1. The molecule has 0 radical (unpaired) electrons. The summed E-state index contributed by atoms with van der Waals surface area (Å²) in [5.41, 5.74) is 0.205. The Hall–Kier alpha value is -2.07. The highest BCUT2D eigenvalue weighted by atomic mass is 17.3. The predicted octanol–water partition coefficient (Wildman–Crippen LogP) is 3.23. The van der Waals surface area contributed by atoms with Crippen LogP contribution >= 0.6 is 0 Å². The minimum Gasteiger partial charge on any atom is -0.435 e. The van der Waals surface area contributed by atoms with Crippen molar-refractivity contribution in [1.82, 2.24) is 10.3 Å². The summed E-state index contributed by atoms with van der Waals surface area (Å²) < 4.78 is 18.3. The van der Waals surface area contributed by atoms with E-state index in [-0.39, 0.29) is 36.5 Å². The number of rotatable bonds is 6. The van der Waals surface area contributed by atoms with Crippen molar-refractivity contribution in [2.45, 2.75) is 89.8 Å². The second-order valence-electron chi connectivity index (χ2n) is 10.4. The summed E-state index contributed by atoms with van der Waals surface area (Å²) in [7, 11) is 0. The van der Waals surface area contributed by atoms with Gasteiger partial charge in [-0.15, -0.1) is 0 Å². The van der Waals surface area contributed by atoms with E-state index in [0.717, 1.165) is 31.2 Å². The summed E-state index contributed by atoms with van der Waals surface area (Å²) >= 11 is 0. The summed E-state index contributed by atoms with van der Waals surface area (Å²) in [6.45, 7) is 6.52. The maximum atomic E-state index is 12.6. The maximum Gasteiger partial charge on any atom is 0.308 e. The van der Waals surface area contributed by atoms with Gasteiger partial charge in [0.25, 0.3) is 0 Å². The van der Waals surface area contributed by atoms with Gasteiger partial charge < -0.3 is 19.5 Å². The highest BCUT2D eigenvalue weighted by Gasteiger charge is 2.69. The van der Waals surface area contributed by atoms with Crippen molar-refractivity contribution in [2.24, 2.45) is 23.7 Å². The molecule has 1 aliphatic carbocycles. The molecule has 1 aromatic rings. The van der Waals surface area contributed by atoms with Crippen LogP contribution in [0.15, 0.2) is 24.5 Å². The molecule has 0 aromatic carbocycles. The average molecular weight is 475 g/mol. The van der Waals surface area contributed by atoms with Crippen LogP contribution in [-0.4, -0.2) is 40.8 Å². The number of nitrogens with one attached hydrogen (secondary N) is 1. The minimum atomic E-state index is -0.876. The van der Waals surface area contributed by atoms with Crippen LogP contribution in [0.5, 0.6) is 0 Å². The SMILES string of the molecule is C[C@H]1[C@H](OC(=O)CCC(=O)NCc2cccnc2)O[C@@H]2OC3(C)CC[C@H]4[C@H](C)CC[C@@H]1C24OO3. The van der Waals surface area contributed by atoms with Crippen LogP contribution in [0.3, 0.4) is 0 Å². The first-order chi connectivity index (χ1) is 16.3. The Morgan fingerprint density at radius 1 is 1.18 bits per heavy atom. The van der Waals surface area contributed by atoms with E-state index in [4.69, 9.17) is 24.0 Å². The fourth-order valence-corrected chi connectivity index (χ4v) is 6.20. The molecular weight excluding hydrogens is 440 g/mol. The van der Waals surface area contributed by atoms with Crippen molar-refractivity contribution < 1.29 is 33.6 Å². The van der Waals surface area contributed by atoms with Crippen LogP contribution in [0, 0.1) is 23.7 Å². The molecule has 8 atom stereocenters. The standard InChI is InChI=1S/C25H34N2O7/c1-15-6-7-19-16(2)22(31-23-25(19)18(15)10-11-24(3,32-23)33-34-25)30-21(29)9-8-20(28)27-14-17-5-4-12-26-13-17/h4-5,12-13,15-16,18-19,22-23H,6-11,14H2,1-3H3,(H,27,28)/t15-,16-,18+,19+,22-,23-,24?,25?/m1/s1. The molecule has 1 amide bonds. The molecule has 2 unspecified atom stereocenters. The fourth-order valence-electron chi connectivity index (χ4n) is 6.20. The zero-order valence-corrected chi connectivity index (χ0v) is 20.0. The zero-order chi connectivity index (χ0) is 23.9. The van der Waals surface area contributed by atoms with Gasteiger partial charge in [0.1, 0.15) is 0 Å². The molecule has 2 bridgehead atoms. The van der Waals surface area contributed by atoms with Crippen molar-refractivity contribution in [3.8, 4) is 0 Å². The van der Waals surface area contributed by atoms with E-state index in [0.29, 0.717) is 12.5 Å². The number of hydrogen-bond donors (Lipinski definition) is 1. The van der Waals surface area contributed by atoms with Gasteiger partial charge in [-0.05, 0) is 49.7 Å². The summed E-state index contributed by atoms with van der Waals surface area (Å²) in [6, 6.07) is 3.69. The normalized spacial score (nSPS) is 40.7. The van der Waals surface area contributed by atoms with E-state index < -0.39 is 29.9 Å². The zero-order valence-electron chi connectivity index (χ0n) is 20.0. The summed E-state index contributed by atoms with van der Waals surface area (Å²) in [5.74, 6) is -0.856. The second-order valence-corrected chi connectivity index (χ2v) is 10.4. The third kappa shape index (κ3) is 4.23. The molecule has 5 fully saturated rings. The molecule has 1 spiro atoms. The number of amides is 1. The molecule has 34 heavy (non-hydrogen) atoms. The highest BCUT2D eigenvalue weighted by molar-refractivity contribution is 5.81. The van der Waals surface area contributed by atoms with Gasteiger partial charge in [0.05, 0.1) is 6.42 Å². The molecule has 186 valence electrons. The first-order valence-electron chi connectivity index (χ1n) is 12.4. The molecule has 6 rings (SSSR count). The first-order valence-corrected chi connectivity index (χ1v) is 12.4. The molecule has 5 heterocycles. The van der Waals surface area contributed by atoms with E-state index in [1.54, 1.807) is 12.4 Å². The lowest BCUT2D eigenvalue weighted by Crippen LogP contribution is -2.70. The third-order valence-corrected chi connectivity index (χ3v) is 8.11. The number of esters is 1. The Morgan fingerprint density at radius 2 is 2.03 bits per heavy atom. The van der Waals surface area contributed by atoms with Crippen LogP contribution < -0.4 is 5.32 Å². The molecule has 1 aromatic heterocycles. The number of carbonyl (C=O) groups is 2. The lowest BCUT2D eigenvalue weighted by molar-refractivity contribution is -0.576. The molecule has 1 N–H and O–H groups in total. The van der Waals surface area contributed by atoms with Crippen LogP contribution in [0.25, 0.3) is 0 Å². The molecule has 9 heteroatoms. The van der Waals surface area contributed by atoms with Gasteiger partial charge >= 0.3 is 5.97 Å². The van der Waals surface area contributed by atoms with E-state index >= 15 is 0 Å². The predicted molar refractivity (Wildman–Crippen MR) is 118 cm³/mol. The Balaban J connectivity index is 1.20. The van der Waals surface area contributed by atoms with E-state index in [2.05, 4.69) is 17.2 Å². The summed E-state index contributed by atoms with van der Waals surface area (Å²) in [4.78, 5) is 40.7. The largest absolute Gasteiger partial charge is 0.435 e. The van der Waals surface area contributed by atoms with Gasteiger partial charge in [-0.2, -0.15) is 0 Å². The molecule has 9 nitrogen and oxygen atoms in total. The quantitative estimate of drug-likeness (QED) is 0.495. The number of carbonyl (C=O) groups excluding carboxylic acids is 2. The number of ether oxygens (including phenoxy) is 3. The number of fused-ring (bicyclic) bond motifs is 2. The lowest BCUT2D eigenvalue weighted by Gasteiger charge is -2.59. The van der Waals surface area contributed by atoms with Crippen molar-refractivity contribution in [3.05, 3.63) is 30.1 Å². The Morgan fingerprint density at radius 3 is 2.82 bits per heavy atom. The number of pyridine rings is 1. The summed E-state index contributed by atoms with van der Waals surface area (Å²) in [6.07, 6.45) is 5.64. The van der Waals surface area contributed by atoms with Crippen LogP contribution in [-0.2, 0) is 40.1 Å². The van der Waals surface area contributed by atoms with Crippen molar-refractivity contribution in [3.63, 3.8) is 0 Å². The van der Waals surface area contributed by atoms with Crippen molar-refractivity contribution in [2.75, 3.05) is 0 Å². The average Bonchev–Trinajstić information content (AvgIpc) is 3.06. The van der Waals surface area contributed by atoms with Gasteiger partial charge in [-0.3, -0.25) is 14.6 Å². The van der Waals surface area contributed by atoms with Gasteiger partial charge in [0, 0.05) is 43.6 Å². The molecular formula is C25H34N2O7. The molecule has 4 saturated heterocycles. The molecule has 4 aliphatic heterocycles. The van der Waals surface area contributed by atoms with Gasteiger partial charge in [0.15, 0.2) is 11.9 Å². The monoisotopic (exact) mass is 474 g/mol. The van der Waals surface area contributed by atoms with Crippen LogP contribution in [0.2, 0.25) is 0 Å². The van der Waals surface area contributed by atoms with Gasteiger partial charge in [-0.25, -0.2) is 9.78 Å². The maximum absolute atomic E-state index is 12.6. The minimum absolute atomic E-state index is 0.0240. The number of hydrogen-bond acceptors (Lipinski definition) is 8. The van der Waals surface area contributed by atoms with Crippen molar-refractivity contribution in [1.29, 1.82) is 0 Å². The number of nitrogens with zero attached hydrogens (tertiary/aromatic N) is 1. The van der Waals surface area contributed by atoms with Crippen LogP contribution in [0.1, 0.15) is 64.9 Å². The lowest BCUT2D eigenvalue weighted by atomic mass is 9.58. The molecule has 1 saturated carbocycles. The van der Waals surface area contributed by atoms with Gasteiger partial charge in [-0.1, -0.05) is 19.9 Å². The summed E-state index contributed by atoms with van der Waals surface area (Å²) in [5, 5.41) is 2.80. The van der Waals surface area contributed by atoms with Gasteiger partial charge in [0.2, 0.25) is 18.0 Å².